The first-order chi connectivity index (χ1) is 22.8. The molecule has 0 unspecified atom stereocenters. The molecule has 0 bridgehead atoms. The first-order valence-corrected chi connectivity index (χ1v) is 16.0. The van der Waals surface area contributed by atoms with E-state index in [1.807, 2.05) is 0 Å². The van der Waals surface area contributed by atoms with Crippen molar-refractivity contribution in [2.24, 2.45) is 0 Å². The molecule has 0 fully saturated rings. The standard InChI is InChI=1S/C46H28/c1-2-12-33-27-34(20-19-29(33)9-1)43-28-44(38-18-8-14-31-11-4-6-16-36(31)38)42-24-22-32-21-23-39(40-25-26-41(43)46(42)45(32)40)37-17-7-13-30-10-3-5-15-35(30)37/h1-28H. The van der Waals surface area contributed by atoms with Crippen LogP contribution >= 0.6 is 0 Å². The van der Waals surface area contributed by atoms with Crippen LogP contribution in [0.25, 0.3) is 98.0 Å². The van der Waals surface area contributed by atoms with Gasteiger partial charge in [-0.15, -0.1) is 0 Å². The van der Waals surface area contributed by atoms with E-state index in [4.69, 9.17) is 0 Å². The smallest absolute Gasteiger partial charge is 0.00141 e. The van der Waals surface area contributed by atoms with Gasteiger partial charge in [0, 0.05) is 0 Å². The van der Waals surface area contributed by atoms with Gasteiger partial charge < -0.3 is 0 Å². The molecule has 0 heteroatoms. The Morgan fingerprint density at radius 2 is 0.717 bits per heavy atom. The van der Waals surface area contributed by atoms with Crippen LogP contribution in [0, 0.1) is 0 Å². The molecule has 0 aliphatic rings. The second-order valence-electron chi connectivity index (χ2n) is 12.4. The molecule has 0 saturated heterocycles. The summed E-state index contributed by atoms with van der Waals surface area (Å²) >= 11 is 0. The SMILES string of the molecule is c1ccc2cc(-c3cc(-c4cccc5ccccc45)c4ccc5ccc(-c6cccc7ccccc67)c6ccc3c4c56)ccc2c1. The first kappa shape index (κ1) is 25.4. The van der Waals surface area contributed by atoms with Crippen LogP contribution in [-0.2, 0) is 0 Å². The van der Waals surface area contributed by atoms with Crippen LogP contribution in [0.1, 0.15) is 0 Å². The lowest BCUT2D eigenvalue weighted by atomic mass is 9.83. The van der Waals surface area contributed by atoms with Crippen molar-refractivity contribution >= 4 is 64.6 Å². The lowest BCUT2D eigenvalue weighted by molar-refractivity contribution is 1.67. The largest absolute Gasteiger partial charge is 0.0616 e. The van der Waals surface area contributed by atoms with Gasteiger partial charge in [-0.2, -0.15) is 0 Å². The van der Waals surface area contributed by atoms with E-state index >= 15 is 0 Å². The maximum Gasteiger partial charge on any atom is -0.00141 e. The van der Waals surface area contributed by atoms with Gasteiger partial charge in [0.2, 0.25) is 0 Å². The summed E-state index contributed by atoms with van der Waals surface area (Å²) < 4.78 is 0. The highest BCUT2D eigenvalue weighted by atomic mass is 14.2. The minimum atomic E-state index is 1.24. The van der Waals surface area contributed by atoms with Gasteiger partial charge in [-0.3, -0.25) is 0 Å². The zero-order chi connectivity index (χ0) is 30.2. The molecule has 0 atom stereocenters. The molecule has 212 valence electrons. The van der Waals surface area contributed by atoms with E-state index in [0.717, 1.165) is 0 Å². The zero-order valence-electron chi connectivity index (χ0n) is 25.2. The van der Waals surface area contributed by atoms with E-state index in [2.05, 4.69) is 170 Å². The Balaban J connectivity index is 1.36. The van der Waals surface area contributed by atoms with E-state index in [-0.39, 0.29) is 0 Å². The van der Waals surface area contributed by atoms with E-state index in [1.54, 1.807) is 0 Å². The lowest BCUT2D eigenvalue weighted by Crippen LogP contribution is -1.93. The Bertz CT molecular complexity index is 2790. The highest BCUT2D eigenvalue weighted by Gasteiger charge is 2.20. The molecule has 0 amide bonds. The summed E-state index contributed by atoms with van der Waals surface area (Å²) in [7, 11) is 0. The van der Waals surface area contributed by atoms with Gasteiger partial charge in [-0.05, 0) is 110 Å². The molecule has 0 aliphatic heterocycles. The number of rotatable bonds is 3. The van der Waals surface area contributed by atoms with Crippen molar-refractivity contribution < 1.29 is 0 Å². The number of hydrogen-bond acceptors (Lipinski definition) is 0. The number of benzene rings is 10. The van der Waals surface area contributed by atoms with Crippen LogP contribution < -0.4 is 0 Å². The van der Waals surface area contributed by atoms with Crippen LogP contribution in [0.15, 0.2) is 170 Å². The summed E-state index contributed by atoms with van der Waals surface area (Å²) in [6, 6.07) is 62.9. The van der Waals surface area contributed by atoms with Crippen molar-refractivity contribution in [3.63, 3.8) is 0 Å². The predicted molar refractivity (Wildman–Crippen MR) is 199 cm³/mol. The van der Waals surface area contributed by atoms with Crippen LogP contribution in [-0.4, -0.2) is 0 Å². The topological polar surface area (TPSA) is 0 Å². The summed E-state index contributed by atoms with van der Waals surface area (Å²) in [6.07, 6.45) is 0. The molecule has 0 aliphatic carbocycles. The van der Waals surface area contributed by atoms with Gasteiger partial charge in [0.15, 0.2) is 0 Å². The summed E-state index contributed by atoms with van der Waals surface area (Å²) in [5.41, 5.74) is 7.62. The molecule has 10 rings (SSSR count). The van der Waals surface area contributed by atoms with Gasteiger partial charge in [-0.25, -0.2) is 0 Å². The molecule has 10 aromatic rings. The summed E-state index contributed by atoms with van der Waals surface area (Å²) in [4.78, 5) is 0. The molecular formula is C46H28. The van der Waals surface area contributed by atoms with Crippen molar-refractivity contribution in [3.05, 3.63) is 170 Å². The van der Waals surface area contributed by atoms with Crippen molar-refractivity contribution in [1.29, 1.82) is 0 Å². The normalized spacial score (nSPS) is 11.9. The third-order valence-corrected chi connectivity index (χ3v) is 10.0. The highest BCUT2D eigenvalue weighted by Crippen LogP contribution is 2.47. The second-order valence-corrected chi connectivity index (χ2v) is 12.4. The number of hydrogen-bond donors (Lipinski definition) is 0. The molecule has 0 aromatic heterocycles. The molecule has 0 spiro atoms. The maximum atomic E-state index is 2.44. The maximum absolute atomic E-state index is 2.44. The summed E-state index contributed by atoms with van der Waals surface area (Å²) in [5.74, 6) is 0. The molecule has 46 heavy (non-hydrogen) atoms. The fourth-order valence-corrected chi connectivity index (χ4v) is 7.87. The van der Waals surface area contributed by atoms with Crippen molar-refractivity contribution in [2.45, 2.75) is 0 Å². The summed E-state index contributed by atoms with van der Waals surface area (Å²) in [5, 5.41) is 15.5. The van der Waals surface area contributed by atoms with Gasteiger partial charge in [0.25, 0.3) is 0 Å². The second kappa shape index (κ2) is 9.76. The first-order valence-electron chi connectivity index (χ1n) is 16.0. The fraction of sp³-hybridized carbons (Fsp3) is 0. The zero-order valence-corrected chi connectivity index (χ0v) is 25.2. The molecule has 0 radical (unpaired) electrons. The molecule has 0 N–H and O–H groups in total. The van der Waals surface area contributed by atoms with Crippen LogP contribution in [0.3, 0.4) is 0 Å². The monoisotopic (exact) mass is 580 g/mol. The molecule has 0 saturated carbocycles. The van der Waals surface area contributed by atoms with Gasteiger partial charge >= 0.3 is 0 Å². The molecule has 10 aromatic carbocycles. The van der Waals surface area contributed by atoms with Crippen molar-refractivity contribution in [2.75, 3.05) is 0 Å². The number of fused-ring (bicyclic) bond motifs is 3. The van der Waals surface area contributed by atoms with E-state index in [9.17, 15) is 0 Å². The van der Waals surface area contributed by atoms with Crippen molar-refractivity contribution in [1.82, 2.24) is 0 Å². The third kappa shape index (κ3) is 3.68. The predicted octanol–water partition coefficient (Wildman–Crippen LogP) is 13.0. The third-order valence-electron chi connectivity index (χ3n) is 10.0. The average Bonchev–Trinajstić information content (AvgIpc) is 3.13. The van der Waals surface area contributed by atoms with Gasteiger partial charge in [0.1, 0.15) is 0 Å². The Morgan fingerprint density at radius 3 is 1.46 bits per heavy atom. The van der Waals surface area contributed by atoms with E-state index < -0.39 is 0 Å². The van der Waals surface area contributed by atoms with Gasteiger partial charge in [0.05, 0.1) is 0 Å². The fourth-order valence-electron chi connectivity index (χ4n) is 7.87. The molecule has 0 heterocycles. The van der Waals surface area contributed by atoms with Gasteiger partial charge in [-0.1, -0.05) is 158 Å². The lowest BCUT2D eigenvalue weighted by Gasteiger charge is -2.20. The summed E-state index contributed by atoms with van der Waals surface area (Å²) in [6.45, 7) is 0. The van der Waals surface area contributed by atoms with Crippen LogP contribution in [0.4, 0.5) is 0 Å². The van der Waals surface area contributed by atoms with E-state index in [0.29, 0.717) is 0 Å². The Kier molecular flexibility index (Phi) is 5.38. The molecular weight excluding hydrogens is 553 g/mol. The minimum absolute atomic E-state index is 1.24. The van der Waals surface area contributed by atoms with Crippen molar-refractivity contribution in [3.8, 4) is 33.4 Å². The Labute approximate surface area is 267 Å². The van der Waals surface area contributed by atoms with Crippen LogP contribution in [0.5, 0.6) is 0 Å². The molecule has 0 nitrogen and oxygen atoms in total. The minimum Gasteiger partial charge on any atom is -0.0616 e. The quantitative estimate of drug-likeness (QED) is 0.182. The Morgan fingerprint density at radius 1 is 0.217 bits per heavy atom. The van der Waals surface area contributed by atoms with E-state index in [1.165, 1.54) is 98.0 Å². The Hall–Kier alpha value is -5.98. The highest BCUT2D eigenvalue weighted by molar-refractivity contribution is 6.31. The average molecular weight is 581 g/mol. The van der Waals surface area contributed by atoms with Crippen LogP contribution in [0.2, 0.25) is 0 Å².